The van der Waals surface area contributed by atoms with Crippen molar-refractivity contribution in [3.8, 4) is 5.75 Å². The maximum Gasteiger partial charge on any atom is 0.326 e. The third-order valence-electron chi connectivity index (χ3n) is 5.84. The van der Waals surface area contributed by atoms with Crippen molar-refractivity contribution >= 4 is 39.3 Å². The molecule has 0 spiro atoms. The summed E-state index contributed by atoms with van der Waals surface area (Å²) in [4.78, 5) is 37.3. The number of carbonyl (C=O) groups excluding carboxylic acids is 3. The van der Waals surface area contributed by atoms with Gasteiger partial charge in [0.1, 0.15) is 24.9 Å². The average molecular weight is 507 g/mol. The minimum atomic E-state index is -4.05. The van der Waals surface area contributed by atoms with Crippen LogP contribution >= 0.6 is 0 Å². The van der Waals surface area contributed by atoms with Crippen LogP contribution in [-0.2, 0) is 32.8 Å². The zero-order valence-corrected chi connectivity index (χ0v) is 19.7. The van der Waals surface area contributed by atoms with Crippen molar-refractivity contribution in [1.82, 2.24) is 10.0 Å². The predicted molar refractivity (Wildman–Crippen MR) is 132 cm³/mol. The van der Waals surface area contributed by atoms with Gasteiger partial charge in [-0.15, -0.1) is 0 Å². The molecule has 184 valence electrons. The maximum atomic E-state index is 12.8. The van der Waals surface area contributed by atoms with Crippen molar-refractivity contribution in [3.05, 3.63) is 89.5 Å². The van der Waals surface area contributed by atoms with E-state index in [0.717, 1.165) is 9.87 Å². The highest BCUT2D eigenvalue weighted by molar-refractivity contribution is 7.92. The second kappa shape index (κ2) is 9.34. The molecule has 0 aromatic heterocycles. The Hall–Kier alpha value is -4.38. The lowest BCUT2D eigenvalue weighted by molar-refractivity contribution is -0.118. The second-order valence-electron chi connectivity index (χ2n) is 8.38. The summed E-state index contributed by atoms with van der Waals surface area (Å²) < 4.78 is 33.8. The maximum absolute atomic E-state index is 12.8. The van der Waals surface area contributed by atoms with Gasteiger partial charge >= 0.3 is 10.2 Å². The van der Waals surface area contributed by atoms with E-state index < -0.39 is 22.2 Å². The first-order chi connectivity index (χ1) is 17.3. The average Bonchev–Trinajstić information content (AvgIpc) is 3.07. The molecular formula is C25H22N4O6S. The number of hydrogen-bond donors (Lipinski definition) is 3. The summed E-state index contributed by atoms with van der Waals surface area (Å²) in [7, 11) is -4.05. The molecule has 2 heterocycles. The molecule has 2 aliphatic heterocycles. The lowest BCUT2D eigenvalue weighted by Crippen LogP contribution is -2.42. The number of carbonyl (C=O) groups is 3. The van der Waals surface area contributed by atoms with Crippen LogP contribution in [0.4, 0.5) is 11.4 Å². The Labute approximate surface area is 207 Å². The van der Waals surface area contributed by atoms with Crippen molar-refractivity contribution in [3.63, 3.8) is 0 Å². The summed E-state index contributed by atoms with van der Waals surface area (Å²) in [6.45, 7) is -0.217. The minimum absolute atomic E-state index is 0.136. The normalized spacial score (nSPS) is 18.5. The quantitative estimate of drug-likeness (QED) is 0.466. The van der Waals surface area contributed by atoms with Gasteiger partial charge in [0.25, 0.3) is 11.8 Å². The van der Waals surface area contributed by atoms with E-state index in [9.17, 15) is 22.8 Å². The highest BCUT2D eigenvalue weighted by Gasteiger charge is 2.36. The Balaban J connectivity index is 1.44. The van der Waals surface area contributed by atoms with Crippen LogP contribution in [0.15, 0.2) is 72.8 Å². The fraction of sp³-hybridized carbons (Fsp3) is 0.160. The topological polar surface area (TPSA) is 134 Å². The van der Waals surface area contributed by atoms with Crippen LogP contribution in [0, 0.1) is 0 Å². The number of benzene rings is 3. The monoisotopic (exact) mass is 506 g/mol. The van der Waals surface area contributed by atoms with Gasteiger partial charge in [-0.3, -0.25) is 14.4 Å². The van der Waals surface area contributed by atoms with Gasteiger partial charge in [-0.2, -0.15) is 8.42 Å². The molecule has 10 nitrogen and oxygen atoms in total. The fourth-order valence-electron chi connectivity index (χ4n) is 4.09. The van der Waals surface area contributed by atoms with Crippen LogP contribution in [0.1, 0.15) is 21.5 Å². The van der Waals surface area contributed by atoms with E-state index in [1.165, 1.54) is 6.07 Å². The molecule has 3 aromatic rings. The van der Waals surface area contributed by atoms with Crippen molar-refractivity contribution in [1.29, 1.82) is 0 Å². The molecule has 0 saturated carbocycles. The van der Waals surface area contributed by atoms with Gasteiger partial charge in [-0.1, -0.05) is 48.5 Å². The van der Waals surface area contributed by atoms with Crippen molar-refractivity contribution in [2.75, 3.05) is 16.2 Å². The molecule has 3 N–H and O–H groups in total. The third-order valence-corrected chi connectivity index (χ3v) is 7.23. The molecule has 0 aliphatic carbocycles. The molecule has 2 aliphatic rings. The molecule has 1 fully saturated rings. The highest BCUT2D eigenvalue weighted by atomic mass is 32.2. The Morgan fingerprint density at radius 2 is 1.67 bits per heavy atom. The predicted octanol–water partition coefficient (Wildman–Crippen LogP) is 1.74. The van der Waals surface area contributed by atoms with Crippen LogP contribution in [-0.4, -0.2) is 38.7 Å². The lowest BCUT2D eigenvalue weighted by atomic mass is 10.0. The molecule has 1 saturated heterocycles. The number of fused-ring (bicyclic) bond motifs is 1. The molecule has 5 rings (SSSR count). The van der Waals surface area contributed by atoms with E-state index in [0.29, 0.717) is 16.8 Å². The zero-order chi connectivity index (χ0) is 25.3. The van der Waals surface area contributed by atoms with Crippen LogP contribution in [0.3, 0.4) is 0 Å². The lowest BCUT2D eigenvalue weighted by Gasteiger charge is -2.21. The van der Waals surface area contributed by atoms with Gasteiger partial charge in [0.2, 0.25) is 5.91 Å². The van der Waals surface area contributed by atoms with E-state index in [1.807, 2.05) is 35.1 Å². The van der Waals surface area contributed by atoms with Gasteiger partial charge in [0, 0.05) is 6.42 Å². The van der Waals surface area contributed by atoms with E-state index >= 15 is 0 Å². The molecule has 3 amide bonds. The summed E-state index contributed by atoms with van der Waals surface area (Å²) in [6.07, 6.45) is 0.136. The summed E-state index contributed by atoms with van der Waals surface area (Å²) in [5.74, 6) is -1.18. The smallest absolute Gasteiger partial charge is 0.326 e. The molecule has 11 heteroatoms. The molecule has 1 unspecified atom stereocenters. The molecule has 36 heavy (non-hydrogen) atoms. The number of para-hydroxylation sites is 1. The van der Waals surface area contributed by atoms with Gasteiger partial charge in [-0.05, 0) is 35.4 Å². The van der Waals surface area contributed by atoms with Crippen LogP contribution in [0.5, 0.6) is 5.75 Å². The molecule has 0 radical (unpaired) electrons. The number of nitrogens with zero attached hydrogens (tertiary/aromatic N) is 1. The first-order valence-corrected chi connectivity index (χ1v) is 12.6. The van der Waals surface area contributed by atoms with Gasteiger partial charge < -0.3 is 15.4 Å². The third kappa shape index (κ3) is 4.73. The second-order valence-corrected chi connectivity index (χ2v) is 9.97. The van der Waals surface area contributed by atoms with E-state index in [1.54, 1.807) is 36.4 Å². The van der Waals surface area contributed by atoms with Gasteiger partial charge in [-0.25, -0.2) is 9.03 Å². The van der Waals surface area contributed by atoms with E-state index in [2.05, 4.69) is 10.6 Å². The van der Waals surface area contributed by atoms with Crippen LogP contribution in [0.25, 0.3) is 0 Å². The SMILES string of the molecule is O=C1CN(c2ccc(CC3NC(=O)c4ccccc4NC3=O)cc2OCc2ccccc2)S(=O)(=O)N1. The first kappa shape index (κ1) is 23.4. The minimum Gasteiger partial charge on any atom is -0.487 e. The molecule has 0 bridgehead atoms. The molecule has 3 aromatic carbocycles. The Morgan fingerprint density at radius 3 is 2.42 bits per heavy atom. The fourth-order valence-corrected chi connectivity index (χ4v) is 5.25. The highest BCUT2D eigenvalue weighted by Crippen LogP contribution is 2.34. The summed E-state index contributed by atoms with van der Waals surface area (Å²) in [6, 6.07) is 20.0. The Kier molecular flexibility index (Phi) is 6.06. The van der Waals surface area contributed by atoms with Crippen molar-refractivity contribution in [2.45, 2.75) is 19.1 Å². The number of hydrogen-bond acceptors (Lipinski definition) is 6. The Bertz CT molecular complexity index is 1460. The number of rotatable bonds is 6. The summed E-state index contributed by atoms with van der Waals surface area (Å²) >= 11 is 0. The number of ether oxygens (including phenoxy) is 1. The van der Waals surface area contributed by atoms with Gasteiger partial charge in [0.05, 0.1) is 16.9 Å². The van der Waals surface area contributed by atoms with Crippen molar-refractivity contribution in [2.24, 2.45) is 0 Å². The van der Waals surface area contributed by atoms with Crippen LogP contribution in [0.2, 0.25) is 0 Å². The van der Waals surface area contributed by atoms with E-state index in [4.69, 9.17) is 4.74 Å². The Morgan fingerprint density at radius 1 is 0.917 bits per heavy atom. The molecular weight excluding hydrogens is 484 g/mol. The van der Waals surface area contributed by atoms with E-state index in [-0.39, 0.29) is 42.8 Å². The number of anilines is 2. The standard InChI is InChI=1S/C25H22N4O6S/c30-23-14-29(36(33,34)28-23)21-11-10-17(13-22(21)35-15-16-6-2-1-3-7-16)12-20-25(32)26-19-9-5-4-8-18(19)24(31)27-20/h1-11,13,20H,12,14-15H2,(H,26,32)(H,27,31)(H,28,30). The van der Waals surface area contributed by atoms with Crippen LogP contribution < -0.4 is 24.4 Å². The molecule has 1 atom stereocenters. The zero-order valence-electron chi connectivity index (χ0n) is 18.9. The van der Waals surface area contributed by atoms with Gasteiger partial charge in [0.15, 0.2) is 0 Å². The first-order valence-electron chi connectivity index (χ1n) is 11.1. The summed E-state index contributed by atoms with van der Waals surface area (Å²) in [5, 5.41) is 5.52. The summed E-state index contributed by atoms with van der Waals surface area (Å²) in [5.41, 5.74) is 2.48. The number of nitrogens with one attached hydrogen (secondary N) is 3. The largest absolute Gasteiger partial charge is 0.487 e. The number of amides is 3. The van der Waals surface area contributed by atoms with Crippen molar-refractivity contribution < 1.29 is 27.5 Å².